The predicted molar refractivity (Wildman–Crippen MR) is 104 cm³/mol. The monoisotopic (exact) mass is 358 g/mol. The van der Waals surface area contributed by atoms with E-state index in [1.165, 1.54) is 0 Å². The van der Waals surface area contributed by atoms with Gasteiger partial charge in [0.25, 0.3) is 0 Å². The zero-order valence-electron chi connectivity index (χ0n) is 13.5. The first-order valence-corrected chi connectivity index (χ1v) is 9.52. The molecule has 0 aliphatic carbocycles. The molecule has 0 bridgehead atoms. The fraction of sp³-hybridized carbons (Fsp3) is 0.200. The van der Waals surface area contributed by atoms with E-state index in [1.54, 1.807) is 23.5 Å². The van der Waals surface area contributed by atoms with Crippen molar-refractivity contribution in [2.24, 2.45) is 0 Å². The van der Waals surface area contributed by atoms with E-state index in [9.17, 15) is 10.2 Å². The Hall–Kier alpha value is -1.46. The predicted octanol–water partition coefficient (Wildman–Crippen LogP) is 5.10. The molecule has 2 nitrogen and oxygen atoms in total. The average Bonchev–Trinajstić information content (AvgIpc) is 2.62. The maximum Gasteiger partial charge on any atom is 0.0476 e. The van der Waals surface area contributed by atoms with Crippen LogP contribution in [0.3, 0.4) is 0 Å². The molecule has 2 rings (SSSR count). The second kappa shape index (κ2) is 11.2. The number of aliphatic hydroxyl groups is 2. The quantitative estimate of drug-likeness (QED) is 0.483. The first-order valence-electron chi connectivity index (χ1n) is 7.89. The first-order chi connectivity index (χ1) is 11.8. The lowest BCUT2D eigenvalue weighted by molar-refractivity contribution is 0.301. The zero-order valence-corrected chi connectivity index (χ0v) is 15.1. The highest BCUT2D eigenvalue weighted by Gasteiger charge is 2.02. The highest BCUT2D eigenvalue weighted by atomic mass is 32.2. The fourth-order valence-electron chi connectivity index (χ4n) is 2.02. The summed E-state index contributed by atoms with van der Waals surface area (Å²) < 4.78 is 0. The van der Waals surface area contributed by atoms with Gasteiger partial charge in [-0.2, -0.15) is 0 Å². The number of allylic oxidation sites excluding steroid dienone is 2. The van der Waals surface area contributed by atoms with Gasteiger partial charge in [-0.3, -0.25) is 0 Å². The Bertz CT molecular complexity index is 592. The molecule has 2 aromatic rings. The summed E-state index contributed by atoms with van der Waals surface area (Å²) in [5, 5.41) is 18.6. The van der Waals surface area contributed by atoms with Crippen LogP contribution in [0.15, 0.2) is 92.4 Å². The third-order valence-corrected chi connectivity index (χ3v) is 5.38. The molecule has 0 fully saturated rings. The second-order valence-electron chi connectivity index (χ2n) is 5.04. The molecule has 4 heteroatoms. The lowest BCUT2D eigenvalue weighted by Gasteiger charge is -2.07. The molecule has 0 aromatic heterocycles. The van der Waals surface area contributed by atoms with Gasteiger partial charge >= 0.3 is 0 Å². The largest absolute Gasteiger partial charge is 0.396 e. The number of rotatable bonds is 9. The Morgan fingerprint density at radius 1 is 0.667 bits per heavy atom. The van der Waals surface area contributed by atoms with Gasteiger partial charge in [-0.1, -0.05) is 72.1 Å². The molecule has 24 heavy (non-hydrogen) atoms. The number of aliphatic hydroxyl groups excluding tert-OH is 2. The van der Waals surface area contributed by atoms with Crippen LogP contribution in [0, 0.1) is 0 Å². The van der Waals surface area contributed by atoms with Crippen molar-refractivity contribution in [3.05, 3.63) is 82.6 Å². The van der Waals surface area contributed by atoms with Crippen molar-refractivity contribution >= 4 is 23.5 Å². The summed E-state index contributed by atoms with van der Waals surface area (Å²) in [6.45, 7) is 0.251. The summed E-state index contributed by atoms with van der Waals surface area (Å²) in [6.07, 6.45) is 5.35. The van der Waals surface area contributed by atoms with Gasteiger partial charge in [-0.25, -0.2) is 0 Å². The molecule has 2 N–H and O–H groups in total. The smallest absolute Gasteiger partial charge is 0.0476 e. The molecule has 0 aliphatic heterocycles. The van der Waals surface area contributed by atoms with Gasteiger partial charge in [0.15, 0.2) is 0 Å². The minimum atomic E-state index is 0.126. The third-order valence-electron chi connectivity index (χ3n) is 3.16. The fourth-order valence-corrected chi connectivity index (χ4v) is 3.87. The standard InChI is InChI=1S/C20H22O2S2/c21-15-13-19(23-17-7-3-1-4-8-17)11-12-20(14-16-22)24-18-9-5-2-6-10-18/h1-12,21-22H,13-16H2/b19-11-,20-12-. The molecule has 0 aliphatic rings. The van der Waals surface area contributed by atoms with E-state index in [2.05, 4.69) is 36.4 Å². The van der Waals surface area contributed by atoms with Crippen LogP contribution in [0.4, 0.5) is 0 Å². The Morgan fingerprint density at radius 2 is 1.04 bits per heavy atom. The zero-order chi connectivity index (χ0) is 17.0. The van der Waals surface area contributed by atoms with Crippen molar-refractivity contribution in [2.75, 3.05) is 13.2 Å². The molecule has 0 heterocycles. The van der Waals surface area contributed by atoms with Crippen molar-refractivity contribution in [1.82, 2.24) is 0 Å². The van der Waals surface area contributed by atoms with Gasteiger partial charge in [0.1, 0.15) is 0 Å². The number of hydrogen-bond donors (Lipinski definition) is 2. The van der Waals surface area contributed by atoms with Crippen molar-refractivity contribution in [1.29, 1.82) is 0 Å². The molecule has 0 unspecified atom stereocenters. The Labute approximate surface area is 152 Å². The topological polar surface area (TPSA) is 40.5 Å². The molecular formula is C20H22O2S2. The second-order valence-corrected chi connectivity index (χ2v) is 7.44. The number of thioether (sulfide) groups is 2. The summed E-state index contributed by atoms with van der Waals surface area (Å²) in [6, 6.07) is 20.3. The van der Waals surface area contributed by atoms with Gasteiger partial charge in [-0.15, -0.1) is 0 Å². The Morgan fingerprint density at radius 3 is 1.38 bits per heavy atom. The number of hydrogen-bond acceptors (Lipinski definition) is 4. The average molecular weight is 359 g/mol. The van der Waals surface area contributed by atoms with Crippen LogP contribution in [-0.2, 0) is 0 Å². The van der Waals surface area contributed by atoms with Gasteiger partial charge < -0.3 is 10.2 Å². The van der Waals surface area contributed by atoms with E-state index >= 15 is 0 Å². The van der Waals surface area contributed by atoms with Gasteiger partial charge in [-0.05, 0) is 34.1 Å². The third kappa shape index (κ3) is 6.97. The highest BCUT2D eigenvalue weighted by Crippen LogP contribution is 2.31. The van der Waals surface area contributed by atoms with Crippen LogP contribution in [0.5, 0.6) is 0 Å². The molecule has 0 atom stereocenters. The minimum Gasteiger partial charge on any atom is -0.396 e. The van der Waals surface area contributed by atoms with E-state index in [1.807, 2.05) is 36.4 Å². The maximum atomic E-state index is 9.30. The van der Waals surface area contributed by atoms with Crippen LogP contribution in [0.25, 0.3) is 0 Å². The lowest BCUT2D eigenvalue weighted by Crippen LogP contribution is -1.87. The van der Waals surface area contributed by atoms with Crippen LogP contribution in [0.1, 0.15) is 12.8 Å². The van der Waals surface area contributed by atoms with Gasteiger partial charge in [0.2, 0.25) is 0 Å². The summed E-state index contributed by atoms with van der Waals surface area (Å²) in [4.78, 5) is 4.52. The maximum absolute atomic E-state index is 9.30. The van der Waals surface area contributed by atoms with Crippen molar-refractivity contribution in [3.63, 3.8) is 0 Å². The molecule has 2 aromatic carbocycles. The SMILES string of the molecule is OCC/C(=C/C=C(/CCO)Sc1ccccc1)Sc1ccccc1. The molecule has 0 saturated carbocycles. The minimum absolute atomic E-state index is 0.126. The summed E-state index contributed by atoms with van der Waals surface area (Å²) in [5.74, 6) is 0. The van der Waals surface area contributed by atoms with Crippen molar-refractivity contribution in [2.45, 2.75) is 22.6 Å². The molecule has 0 amide bonds. The van der Waals surface area contributed by atoms with Crippen LogP contribution < -0.4 is 0 Å². The highest BCUT2D eigenvalue weighted by molar-refractivity contribution is 8.03. The van der Waals surface area contributed by atoms with E-state index < -0.39 is 0 Å². The first kappa shape index (κ1) is 18.9. The van der Waals surface area contributed by atoms with Crippen LogP contribution in [0.2, 0.25) is 0 Å². The molecular weight excluding hydrogens is 336 g/mol. The van der Waals surface area contributed by atoms with E-state index in [0.717, 1.165) is 19.6 Å². The molecule has 126 valence electrons. The normalized spacial score (nSPS) is 12.4. The Balaban J connectivity index is 2.13. The van der Waals surface area contributed by atoms with E-state index in [-0.39, 0.29) is 13.2 Å². The van der Waals surface area contributed by atoms with Crippen molar-refractivity contribution < 1.29 is 10.2 Å². The number of benzene rings is 2. The van der Waals surface area contributed by atoms with E-state index in [4.69, 9.17) is 0 Å². The van der Waals surface area contributed by atoms with Crippen LogP contribution in [-0.4, -0.2) is 23.4 Å². The van der Waals surface area contributed by atoms with Gasteiger partial charge in [0.05, 0.1) is 0 Å². The molecule has 0 spiro atoms. The lowest BCUT2D eigenvalue weighted by atomic mass is 10.3. The van der Waals surface area contributed by atoms with E-state index in [0.29, 0.717) is 12.8 Å². The summed E-state index contributed by atoms with van der Waals surface area (Å²) in [5.41, 5.74) is 0. The van der Waals surface area contributed by atoms with Crippen LogP contribution >= 0.6 is 23.5 Å². The molecule has 0 radical (unpaired) electrons. The van der Waals surface area contributed by atoms with Crippen molar-refractivity contribution in [3.8, 4) is 0 Å². The Kier molecular flexibility index (Phi) is 8.77. The van der Waals surface area contributed by atoms with Gasteiger partial charge in [0, 0.05) is 35.8 Å². The summed E-state index contributed by atoms with van der Waals surface area (Å²) in [7, 11) is 0. The molecule has 0 saturated heterocycles. The summed E-state index contributed by atoms with van der Waals surface area (Å²) >= 11 is 3.33.